The third kappa shape index (κ3) is 11.8. The minimum absolute atomic E-state index is 0.00882. The second kappa shape index (κ2) is 20.3. The third-order valence-corrected chi connectivity index (χ3v) is 11.9. The Bertz CT molecular complexity index is 3030. The molecule has 6 aromatic rings. The Balaban J connectivity index is 0.000000166. The normalized spacial score (nSPS) is 13.7. The summed E-state index contributed by atoms with van der Waals surface area (Å²) < 4.78 is 62.3. The number of carbonyl (C=O) groups excluding carboxylic acids is 2. The van der Waals surface area contributed by atoms with E-state index in [9.17, 15) is 27.2 Å². The molecule has 0 atom stereocenters. The van der Waals surface area contributed by atoms with Crippen LogP contribution in [0.2, 0.25) is 10.0 Å². The van der Waals surface area contributed by atoms with Crippen LogP contribution in [0.4, 0.5) is 26.5 Å². The molecule has 0 fully saturated rings. The van der Waals surface area contributed by atoms with E-state index in [0.29, 0.717) is 38.4 Å². The van der Waals surface area contributed by atoms with Crippen LogP contribution in [-0.4, -0.2) is 87.2 Å². The van der Waals surface area contributed by atoms with Crippen LogP contribution in [0.5, 0.6) is 17.5 Å². The zero-order chi connectivity index (χ0) is 47.1. The lowest BCUT2D eigenvalue weighted by atomic mass is 9.92. The summed E-state index contributed by atoms with van der Waals surface area (Å²) in [5.41, 5.74) is 1.24. The number of amides is 3. The van der Waals surface area contributed by atoms with Gasteiger partial charge in [0.2, 0.25) is 10.7 Å². The molecule has 0 radical (unpaired) electrons. The second-order valence-electron chi connectivity index (χ2n) is 14.5. The molecule has 0 bridgehead atoms. The summed E-state index contributed by atoms with van der Waals surface area (Å²) >= 11 is 13.0. The number of halogens is 3. The van der Waals surface area contributed by atoms with Gasteiger partial charge in [-0.1, -0.05) is 55.1 Å². The number of hydrogen-bond donors (Lipinski definition) is 3. The van der Waals surface area contributed by atoms with Crippen LogP contribution in [0.1, 0.15) is 25.5 Å². The van der Waals surface area contributed by atoms with Gasteiger partial charge in [0.15, 0.2) is 19.0 Å². The average Bonchev–Trinajstić information content (AvgIpc) is 3.76. The summed E-state index contributed by atoms with van der Waals surface area (Å²) in [5, 5.41) is 12.0. The Hall–Kier alpha value is -6.93. The van der Waals surface area contributed by atoms with Crippen molar-refractivity contribution in [3.63, 3.8) is 0 Å². The van der Waals surface area contributed by atoms with Crippen molar-refractivity contribution in [2.24, 2.45) is 10.4 Å². The van der Waals surface area contributed by atoms with Gasteiger partial charge in [-0.15, -0.1) is 6.42 Å². The van der Waals surface area contributed by atoms with E-state index in [0.717, 1.165) is 24.2 Å². The Morgan fingerprint density at radius 2 is 1.88 bits per heavy atom. The summed E-state index contributed by atoms with van der Waals surface area (Å²) in [6.45, 7) is 6.22. The molecule has 2 aliphatic rings. The van der Waals surface area contributed by atoms with Crippen LogP contribution in [0.25, 0.3) is 10.9 Å². The molecule has 0 aliphatic carbocycles. The number of aliphatic carboxylic acids is 1. The first-order valence-electron chi connectivity index (χ1n) is 18.9. The summed E-state index contributed by atoms with van der Waals surface area (Å²) in [5.74, 6) is 2.45. The average molecular weight is 968 g/mol. The molecule has 2 aliphatic heterocycles. The fraction of sp³-hybridized carbons (Fsp3) is 0.244. The Labute approximate surface area is 384 Å². The number of benzene rings is 3. The highest BCUT2D eigenvalue weighted by molar-refractivity contribution is 7.90. The highest BCUT2D eigenvalue weighted by atomic mass is 35.5. The fourth-order valence-corrected chi connectivity index (χ4v) is 8.59. The number of nitrogens with one attached hydrogen (secondary N) is 2. The van der Waals surface area contributed by atoms with Gasteiger partial charge >= 0.3 is 18.0 Å². The van der Waals surface area contributed by atoms with Crippen LogP contribution in [-0.2, 0) is 32.6 Å². The molecule has 5 heterocycles. The molecule has 3 aromatic heterocycles. The van der Waals surface area contributed by atoms with Crippen molar-refractivity contribution in [2.45, 2.75) is 38.6 Å². The predicted octanol–water partition coefficient (Wildman–Crippen LogP) is 5.96. The number of hydrogen-bond acceptors (Lipinski definition) is 15. The SMILES string of the molecule is C#CCN1C(=O)COc2cc(F)c(/N=c3\snc4n3CC(C)(C)C4)cc21.COc1nc(C)nc(NC(=O)NS(=O)(=O)c2ccccc2Cl)n1.O=C(O)COc1ccc(Cl)c2cccnc12. The number of terminal acetylenes is 1. The van der Waals surface area contributed by atoms with Crippen LogP contribution in [0, 0.1) is 30.5 Å². The number of nitrogens with zero attached hydrogens (tertiary/aromatic N) is 8. The van der Waals surface area contributed by atoms with Gasteiger partial charge in [-0.3, -0.25) is 20.0 Å². The van der Waals surface area contributed by atoms with Crippen LogP contribution in [0.3, 0.4) is 0 Å². The number of anilines is 2. The Kier molecular flexibility index (Phi) is 14.8. The monoisotopic (exact) mass is 966 g/mol. The number of methoxy groups -OCH3 is 1. The molecule has 338 valence electrons. The molecule has 3 amide bonds. The van der Waals surface area contributed by atoms with E-state index in [1.54, 1.807) is 43.5 Å². The van der Waals surface area contributed by atoms with Crippen molar-refractivity contribution in [3.05, 3.63) is 99.2 Å². The summed E-state index contributed by atoms with van der Waals surface area (Å²) in [6, 6.07) is 14.3. The minimum atomic E-state index is -4.13. The highest BCUT2D eigenvalue weighted by Crippen LogP contribution is 2.38. The smallest absolute Gasteiger partial charge is 0.341 e. The first-order valence-corrected chi connectivity index (χ1v) is 21.9. The molecule has 24 heteroatoms. The lowest BCUT2D eigenvalue weighted by Gasteiger charge is -2.28. The molecule has 0 unspecified atom stereocenters. The highest BCUT2D eigenvalue weighted by Gasteiger charge is 2.31. The lowest BCUT2D eigenvalue weighted by Crippen LogP contribution is -2.39. The van der Waals surface area contributed by atoms with E-state index in [2.05, 4.69) is 54.4 Å². The molecular formula is C41H37Cl2FN10O9S2. The number of pyridine rings is 1. The van der Waals surface area contributed by atoms with Gasteiger partial charge in [0.05, 0.1) is 29.4 Å². The predicted molar refractivity (Wildman–Crippen MR) is 238 cm³/mol. The summed E-state index contributed by atoms with van der Waals surface area (Å²) in [4.78, 5) is 56.2. The van der Waals surface area contributed by atoms with Gasteiger partial charge < -0.3 is 23.9 Å². The van der Waals surface area contributed by atoms with E-state index in [4.69, 9.17) is 48.9 Å². The van der Waals surface area contributed by atoms with Crippen LogP contribution >= 0.6 is 34.7 Å². The van der Waals surface area contributed by atoms with Gasteiger partial charge in [0.25, 0.3) is 15.9 Å². The van der Waals surface area contributed by atoms with E-state index in [1.807, 2.05) is 9.29 Å². The van der Waals surface area contributed by atoms with Gasteiger partial charge in [0, 0.05) is 42.1 Å². The van der Waals surface area contributed by atoms with E-state index >= 15 is 0 Å². The first-order chi connectivity index (χ1) is 30.9. The molecule has 0 saturated heterocycles. The number of aryl methyl sites for hydroxylation is 1. The minimum Gasteiger partial charge on any atom is -0.481 e. The number of fused-ring (bicyclic) bond motifs is 3. The number of urea groups is 1. The molecule has 3 N–H and O–H groups in total. The summed E-state index contributed by atoms with van der Waals surface area (Å²) in [7, 11) is -2.78. The molecule has 65 heavy (non-hydrogen) atoms. The van der Waals surface area contributed by atoms with Crippen molar-refractivity contribution in [3.8, 4) is 29.9 Å². The Morgan fingerprint density at radius 1 is 1.11 bits per heavy atom. The second-order valence-corrected chi connectivity index (χ2v) is 17.7. The van der Waals surface area contributed by atoms with Crippen LogP contribution in [0.15, 0.2) is 76.7 Å². The van der Waals surface area contributed by atoms with E-state index < -0.39 is 34.4 Å². The Morgan fingerprint density at radius 3 is 2.60 bits per heavy atom. The van der Waals surface area contributed by atoms with Gasteiger partial charge in [0.1, 0.15) is 39.2 Å². The quantitative estimate of drug-likeness (QED) is 0.142. The topological polar surface area (TPSA) is 242 Å². The third-order valence-electron chi connectivity index (χ3n) is 8.95. The molecular weight excluding hydrogens is 931 g/mol. The van der Waals surface area contributed by atoms with Crippen molar-refractivity contribution in [2.75, 3.05) is 37.1 Å². The number of sulfonamides is 1. The number of rotatable bonds is 9. The number of carboxylic acids is 1. The molecule has 0 spiro atoms. The fourth-order valence-electron chi connectivity index (χ4n) is 6.19. The number of ether oxygens (including phenoxy) is 3. The standard InChI is InChI=1S/C18H17FN4O2S.C12H12ClN5O4S.C11H8ClNO3/c1-4-5-22-13-7-12(11(19)6-14(13)25-9-16(22)24)20-17-23-10-18(2,3)8-15(23)21-26-17;1-7-14-10(17-12(15-7)22-2)16-11(19)18-23(20,21)9-6-4-3-5-8(9)13;12-8-3-4-9(16-6-10(14)15)11-7(8)2-1-5-13-11/h1,6-7H,5,8-10H2,2-3H3;3-6H,1-2H3,(H2,14,15,16,17,18,19);1-5H,6H2,(H,14,15)/b20-17-;;. The lowest BCUT2D eigenvalue weighted by molar-refractivity contribution is -0.139. The van der Waals surface area contributed by atoms with Gasteiger partial charge in [-0.05, 0) is 54.8 Å². The zero-order valence-electron chi connectivity index (χ0n) is 34.7. The molecule has 3 aromatic carbocycles. The summed E-state index contributed by atoms with van der Waals surface area (Å²) in [6.07, 6.45) is 7.82. The van der Waals surface area contributed by atoms with Gasteiger partial charge in [-0.2, -0.15) is 19.3 Å². The van der Waals surface area contributed by atoms with Crippen molar-refractivity contribution in [1.82, 2.24) is 33.6 Å². The van der Waals surface area contributed by atoms with Crippen LogP contribution < -0.4 is 34.0 Å². The number of carboxylic acid groups (broad SMARTS) is 1. The zero-order valence-corrected chi connectivity index (χ0v) is 37.8. The molecule has 8 rings (SSSR count). The number of aromatic nitrogens is 6. The maximum atomic E-state index is 14.5. The van der Waals surface area contributed by atoms with Crippen molar-refractivity contribution >= 4 is 90.9 Å². The largest absolute Gasteiger partial charge is 0.481 e. The van der Waals surface area contributed by atoms with Gasteiger partial charge in [-0.25, -0.2) is 32.1 Å². The van der Waals surface area contributed by atoms with Crippen molar-refractivity contribution < 1.29 is 46.5 Å². The maximum absolute atomic E-state index is 14.5. The number of carbonyl (C=O) groups is 3. The molecule has 19 nitrogen and oxygen atoms in total. The first kappa shape index (κ1) is 47.5. The molecule has 0 saturated carbocycles. The van der Waals surface area contributed by atoms with E-state index in [-0.39, 0.29) is 52.0 Å². The maximum Gasteiger partial charge on any atom is 0.341 e. The van der Waals surface area contributed by atoms with Crippen molar-refractivity contribution in [1.29, 1.82) is 0 Å². The van der Waals surface area contributed by atoms with E-state index in [1.165, 1.54) is 53.9 Å².